The van der Waals surface area contributed by atoms with Crippen molar-refractivity contribution in [1.29, 1.82) is 0 Å². The van der Waals surface area contributed by atoms with Gasteiger partial charge in [0.05, 0.1) is 10.6 Å². The highest BCUT2D eigenvalue weighted by Gasteiger charge is 2.36. The molecule has 0 fully saturated rings. The van der Waals surface area contributed by atoms with Gasteiger partial charge in [-0.05, 0) is 31.0 Å². The molecule has 3 aromatic rings. The Balaban J connectivity index is 2.01. The van der Waals surface area contributed by atoms with E-state index in [1.54, 1.807) is 19.1 Å². The lowest BCUT2D eigenvalue weighted by molar-refractivity contribution is -0.155. The van der Waals surface area contributed by atoms with Crippen molar-refractivity contribution in [2.45, 2.75) is 31.3 Å². The van der Waals surface area contributed by atoms with Crippen molar-refractivity contribution >= 4 is 27.0 Å². The fourth-order valence-electron chi connectivity index (χ4n) is 2.77. The maximum atomic E-state index is 13.1. The summed E-state index contributed by atoms with van der Waals surface area (Å²) in [5.74, 6) is -1.23. The Hall–Kier alpha value is -2.33. The van der Waals surface area contributed by atoms with Crippen molar-refractivity contribution in [3.05, 3.63) is 52.6 Å². The fourth-order valence-corrected chi connectivity index (χ4v) is 5.51. The molecule has 5 nitrogen and oxygen atoms in total. The number of benzene rings is 1. The Morgan fingerprint density at radius 2 is 1.89 bits per heavy atom. The first-order valence-electron chi connectivity index (χ1n) is 8.27. The first kappa shape index (κ1) is 20.4. The van der Waals surface area contributed by atoms with E-state index in [2.05, 4.69) is 9.68 Å². The molecule has 0 N–H and O–H groups in total. The number of hydrogen-bond donors (Lipinski definition) is 0. The summed E-state index contributed by atoms with van der Waals surface area (Å²) in [4.78, 5) is 0.761. The van der Waals surface area contributed by atoms with Gasteiger partial charge in [-0.1, -0.05) is 30.3 Å². The van der Waals surface area contributed by atoms with Crippen molar-refractivity contribution in [3.63, 3.8) is 0 Å². The third-order valence-corrected chi connectivity index (χ3v) is 7.36. The Bertz CT molecular complexity index is 1100. The lowest BCUT2D eigenvalue weighted by Crippen LogP contribution is -2.27. The number of sulfonamides is 1. The molecule has 0 spiro atoms. The summed E-state index contributed by atoms with van der Waals surface area (Å²) in [5.41, 5.74) is 1.37. The summed E-state index contributed by atoms with van der Waals surface area (Å²) < 4.78 is 70.0. The van der Waals surface area contributed by atoms with E-state index in [9.17, 15) is 21.6 Å². The Labute approximate surface area is 164 Å². The van der Waals surface area contributed by atoms with Crippen LogP contribution in [0.1, 0.15) is 23.1 Å². The van der Waals surface area contributed by atoms with Gasteiger partial charge in [-0.3, -0.25) is 4.31 Å². The highest BCUT2D eigenvalue weighted by Crippen LogP contribution is 2.38. The molecule has 0 aliphatic heterocycles. The second-order valence-corrected chi connectivity index (χ2v) is 9.25. The molecule has 2 heterocycles. The maximum Gasteiger partial charge on any atom is 0.452 e. The molecule has 0 saturated heterocycles. The molecule has 0 amide bonds. The first-order chi connectivity index (χ1) is 13.1. The molecule has 0 aliphatic carbocycles. The lowest BCUT2D eigenvalue weighted by atomic mass is 10.1. The Kier molecular flexibility index (Phi) is 5.28. The zero-order chi connectivity index (χ0) is 20.7. The predicted molar refractivity (Wildman–Crippen MR) is 101 cm³/mol. The third-order valence-electron chi connectivity index (χ3n) is 4.26. The molecule has 0 saturated carbocycles. The van der Waals surface area contributed by atoms with Gasteiger partial charge < -0.3 is 4.52 Å². The molecule has 0 atom stereocenters. The van der Waals surface area contributed by atoms with Gasteiger partial charge in [0, 0.05) is 18.0 Å². The van der Waals surface area contributed by atoms with Crippen LogP contribution in [0, 0.1) is 6.92 Å². The van der Waals surface area contributed by atoms with E-state index in [1.165, 1.54) is 17.4 Å². The molecule has 150 valence electrons. The smallest absolute Gasteiger partial charge is 0.351 e. The van der Waals surface area contributed by atoms with Crippen molar-refractivity contribution in [3.8, 4) is 10.6 Å². The van der Waals surface area contributed by atoms with Gasteiger partial charge in [0.25, 0.3) is 10.0 Å². The van der Waals surface area contributed by atoms with Gasteiger partial charge in [-0.25, -0.2) is 8.42 Å². The number of aryl methyl sites for hydroxylation is 2. The van der Waals surface area contributed by atoms with E-state index in [-0.39, 0.29) is 15.5 Å². The van der Waals surface area contributed by atoms with Gasteiger partial charge in [0.15, 0.2) is 0 Å². The normalized spacial score (nSPS) is 12.4. The summed E-state index contributed by atoms with van der Waals surface area (Å²) in [6, 6.07) is 9.24. The number of hydrogen-bond acceptors (Lipinski definition) is 5. The molecular formula is C18H17F3N2O3S2. The third kappa shape index (κ3) is 3.66. The molecule has 28 heavy (non-hydrogen) atoms. The van der Waals surface area contributed by atoms with Gasteiger partial charge in [0.1, 0.15) is 10.6 Å². The van der Waals surface area contributed by atoms with Gasteiger partial charge in [0.2, 0.25) is 5.76 Å². The zero-order valence-corrected chi connectivity index (χ0v) is 16.9. The highest BCUT2D eigenvalue weighted by atomic mass is 32.2. The SMILES string of the molecule is CCc1ccccc1N(C)S(=O)(=O)c1cc(-c2cc(C(F)(F)F)on2)sc1C. The monoisotopic (exact) mass is 430 g/mol. The second kappa shape index (κ2) is 7.25. The van der Waals surface area contributed by atoms with E-state index in [1.807, 2.05) is 19.1 Å². The van der Waals surface area contributed by atoms with Crippen molar-refractivity contribution in [1.82, 2.24) is 5.16 Å². The minimum absolute atomic E-state index is 0.0254. The van der Waals surface area contributed by atoms with Crippen molar-refractivity contribution in [2.75, 3.05) is 11.4 Å². The number of anilines is 1. The van der Waals surface area contributed by atoms with Crippen LogP contribution in [-0.4, -0.2) is 20.6 Å². The maximum absolute atomic E-state index is 13.1. The number of thiophene rings is 1. The van der Waals surface area contributed by atoms with E-state index in [0.717, 1.165) is 23.0 Å². The van der Waals surface area contributed by atoms with E-state index < -0.39 is 22.0 Å². The van der Waals surface area contributed by atoms with Crippen LogP contribution in [-0.2, 0) is 22.6 Å². The highest BCUT2D eigenvalue weighted by molar-refractivity contribution is 7.93. The number of rotatable bonds is 5. The van der Waals surface area contributed by atoms with Crippen LogP contribution >= 0.6 is 11.3 Å². The van der Waals surface area contributed by atoms with Crippen molar-refractivity contribution < 1.29 is 26.1 Å². The van der Waals surface area contributed by atoms with Gasteiger partial charge in [-0.2, -0.15) is 13.2 Å². The average Bonchev–Trinajstić information content (AvgIpc) is 3.27. The van der Waals surface area contributed by atoms with Crippen LogP contribution in [0.15, 0.2) is 45.8 Å². The standard InChI is InChI=1S/C18H17F3N2O3S2/c1-4-12-7-5-6-8-14(12)23(3)28(24,25)16-10-15(27-11(16)2)13-9-17(26-22-13)18(19,20)21/h5-10H,4H2,1-3H3. The molecule has 0 aliphatic rings. The molecule has 10 heteroatoms. The molecule has 0 bridgehead atoms. The van der Waals surface area contributed by atoms with E-state index in [4.69, 9.17) is 0 Å². The topological polar surface area (TPSA) is 63.4 Å². The number of alkyl halides is 3. The van der Waals surface area contributed by atoms with E-state index >= 15 is 0 Å². The summed E-state index contributed by atoms with van der Waals surface area (Å²) in [6.07, 6.45) is -4.00. The number of halogens is 3. The number of para-hydroxylation sites is 1. The quantitative estimate of drug-likeness (QED) is 0.564. The minimum Gasteiger partial charge on any atom is -0.351 e. The summed E-state index contributed by atoms with van der Waals surface area (Å²) in [7, 11) is -2.44. The zero-order valence-electron chi connectivity index (χ0n) is 15.2. The summed E-state index contributed by atoms with van der Waals surface area (Å²) in [6.45, 7) is 3.53. The van der Waals surface area contributed by atoms with Crippen LogP contribution in [0.3, 0.4) is 0 Å². The first-order valence-corrected chi connectivity index (χ1v) is 10.5. The second-order valence-electron chi connectivity index (χ2n) is 6.06. The lowest BCUT2D eigenvalue weighted by Gasteiger charge is -2.22. The number of nitrogens with zero attached hydrogens (tertiary/aromatic N) is 2. The van der Waals surface area contributed by atoms with Crippen LogP contribution < -0.4 is 4.31 Å². The molecular weight excluding hydrogens is 413 g/mol. The molecule has 2 aromatic heterocycles. The minimum atomic E-state index is -4.66. The molecule has 3 rings (SSSR count). The molecule has 1 aromatic carbocycles. The van der Waals surface area contributed by atoms with Crippen LogP contribution in [0.2, 0.25) is 0 Å². The predicted octanol–water partition coefficient (Wildman–Crippen LogP) is 5.12. The largest absolute Gasteiger partial charge is 0.452 e. The summed E-state index contributed by atoms with van der Waals surface area (Å²) >= 11 is 1.05. The summed E-state index contributed by atoms with van der Waals surface area (Å²) in [5, 5.41) is 3.43. The van der Waals surface area contributed by atoms with Crippen LogP contribution in [0.4, 0.5) is 18.9 Å². The van der Waals surface area contributed by atoms with Gasteiger partial charge >= 0.3 is 6.18 Å². The molecule has 0 radical (unpaired) electrons. The average molecular weight is 430 g/mol. The Morgan fingerprint density at radius 1 is 1.21 bits per heavy atom. The number of aromatic nitrogens is 1. The van der Waals surface area contributed by atoms with Crippen LogP contribution in [0.5, 0.6) is 0 Å². The van der Waals surface area contributed by atoms with Gasteiger partial charge in [-0.15, -0.1) is 11.3 Å². The van der Waals surface area contributed by atoms with E-state index in [0.29, 0.717) is 17.0 Å². The fraction of sp³-hybridized carbons (Fsp3) is 0.278. The molecule has 0 unspecified atom stereocenters. The van der Waals surface area contributed by atoms with Crippen LogP contribution in [0.25, 0.3) is 10.6 Å². The Morgan fingerprint density at radius 3 is 2.50 bits per heavy atom. The van der Waals surface area contributed by atoms with Crippen molar-refractivity contribution in [2.24, 2.45) is 0 Å².